The van der Waals surface area contributed by atoms with Crippen LogP contribution >= 0.6 is 0 Å². The summed E-state index contributed by atoms with van der Waals surface area (Å²) in [4.78, 5) is 10.8. The van der Waals surface area contributed by atoms with Crippen LogP contribution < -0.4 is 0 Å². The minimum absolute atomic E-state index is 0.215. The Balaban J connectivity index is 2.03. The zero-order chi connectivity index (χ0) is 11.1. The summed E-state index contributed by atoms with van der Waals surface area (Å²) in [6, 6.07) is 0. The van der Waals surface area contributed by atoms with Gasteiger partial charge in [0.1, 0.15) is 6.10 Å². The van der Waals surface area contributed by atoms with Crippen molar-refractivity contribution in [3.63, 3.8) is 0 Å². The van der Waals surface area contributed by atoms with Crippen LogP contribution in [0, 0.1) is 0 Å². The van der Waals surface area contributed by atoms with Crippen molar-refractivity contribution < 1.29 is 19.0 Å². The molecule has 1 fully saturated rings. The lowest BCUT2D eigenvalue weighted by Gasteiger charge is -2.14. The molecule has 0 N–H and O–H groups in total. The lowest BCUT2D eigenvalue weighted by molar-refractivity contribution is -0.145. The Labute approximate surface area is 90.2 Å². The van der Waals surface area contributed by atoms with Gasteiger partial charge < -0.3 is 14.2 Å². The van der Waals surface area contributed by atoms with Crippen molar-refractivity contribution in [2.24, 2.45) is 0 Å². The van der Waals surface area contributed by atoms with Gasteiger partial charge >= 0.3 is 5.97 Å². The van der Waals surface area contributed by atoms with E-state index in [0.717, 1.165) is 25.5 Å². The molecule has 4 heteroatoms. The van der Waals surface area contributed by atoms with E-state index in [1.807, 2.05) is 0 Å². The largest absolute Gasteiger partial charge is 0.457 e. The van der Waals surface area contributed by atoms with Gasteiger partial charge in [0.05, 0.1) is 19.3 Å². The van der Waals surface area contributed by atoms with E-state index in [0.29, 0.717) is 13.2 Å². The molecule has 1 aliphatic rings. The van der Waals surface area contributed by atoms with Gasteiger partial charge in [0, 0.05) is 12.7 Å². The molecule has 0 aromatic heterocycles. The second-order valence-corrected chi connectivity index (χ2v) is 3.62. The maximum Gasteiger partial charge on any atom is 0.330 e. The maximum absolute atomic E-state index is 10.8. The topological polar surface area (TPSA) is 44.8 Å². The number of hydrogen-bond donors (Lipinski definition) is 0. The lowest BCUT2D eigenvalue weighted by Crippen LogP contribution is -2.22. The average Bonchev–Trinajstić information content (AvgIpc) is 2.70. The van der Waals surface area contributed by atoms with Crippen molar-refractivity contribution in [2.75, 3.05) is 19.8 Å². The molecule has 4 nitrogen and oxygen atoms in total. The van der Waals surface area contributed by atoms with Crippen molar-refractivity contribution in [1.29, 1.82) is 0 Å². The van der Waals surface area contributed by atoms with E-state index in [-0.39, 0.29) is 12.2 Å². The molecular weight excluding hydrogens is 196 g/mol. The summed E-state index contributed by atoms with van der Waals surface area (Å²) in [7, 11) is 0. The predicted molar refractivity (Wildman–Crippen MR) is 55.5 cm³/mol. The molecular formula is C11H18O4. The zero-order valence-corrected chi connectivity index (χ0v) is 9.11. The highest BCUT2D eigenvalue weighted by atomic mass is 16.6. The molecule has 0 aliphatic carbocycles. The Morgan fingerprint density at radius 2 is 2.53 bits per heavy atom. The van der Waals surface area contributed by atoms with Gasteiger partial charge in [-0.1, -0.05) is 6.58 Å². The molecule has 1 heterocycles. The highest BCUT2D eigenvalue weighted by Gasteiger charge is 2.16. The van der Waals surface area contributed by atoms with Gasteiger partial charge in [0.2, 0.25) is 0 Å². The quantitative estimate of drug-likeness (QED) is 0.494. The molecule has 2 unspecified atom stereocenters. The molecule has 15 heavy (non-hydrogen) atoms. The van der Waals surface area contributed by atoms with Crippen LogP contribution in [0.25, 0.3) is 0 Å². The predicted octanol–water partition coefficient (Wildman–Crippen LogP) is 1.30. The van der Waals surface area contributed by atoms with Gasteiger partial charge in [-0.05, 0) is 19.8 Å². The molecule has 0 aromatic carbocycles. The molecule has 0 saturated carbocycles. The second kappa shape index (κ2) is 6.58. The number of ether oxygens (including phenoxy) is 3. The standard InChI is InChI=1S/C11H18O4/c1-3-11(12)15-9(2)7-13-8-10-5-4-6-14-10/h3,9-10H,1,4-8H2,2H3. The van der Waals surface area contributed by atoms with Crippen molar-refractivity contribution in [1.82, 2.24) is 0 Å². The van der Waals surface area contributed by atoms with Crippen LogP contribution in [0.4, 0.5) is 0 Å². The summed E-state index contributed by atoms with van der Waals surface area (Å²) in [5.41, 5.74) is 0. The third-order valence-corrected chi connectivity index (χ3v) is 2.16. The summed E-state index contributed by atoms with van der Waals surface area (Å²) in [6.07, 6.45) is 3.29. The Morgan fingerprint density at radius 1 is 1.73 bits per heavy atom. The monoisotopic (exact) mass is 214 g/mol. The molecule has 2 atom stereocenters. The molecule has 0 radical (unpaired) electrons. The summed E-state index contributed by atoms with van der Waals surface area (Å²) < 4.78 is 15.7. The zero-order valence-electron chi connectivity index (χ0n) is 9.11. The van der Waals surface area contributed by atoms with Gasteiger partial charge in [-0.25, -0.2) is 4.79 Å². The van der Waals surface area contributed by atoms with Crippen molar-refractivity contribution in [3.8, 4) is 0 Å². The maximum atomic E-state index is 10.8. The Hall–Kier alpha value is -0.870. The van der Waals surface area contributed by atoms with Gasteiger partial charge in [-0.2, -0.15) is 0 Å². The van der Waals surface area contributed by atoms with E-state index in [1.165, 1.54) is 0 Å². The van der Waals surface area contributed by atoms with Crippen LogP contribution in [0.2, 0.25) is 0 Å². The van der Waals surface area contributed by atoms with E-state index >= 15 is 0 Å². The second-order valence-electron chi connectivity index (χ2n) is 3.62. The third-order valence-electron chi connectivity index (χ3n) is 2.16. The van der Waals surface area contributed by atoms with Crippen LogP contribution in [-0.2, 0) is 19.0 Å². The fraction of sp³-hybridized carbons (Fsp3) is 0.727. The molecule has 0 bridgehead atoms. The number of rotatable bonds is 6. The lowest BCUT2D eigenvalue weighted by atomic mass is 10.2. The molecule has 0 spiro atoms. The highest BCUT2D eigenvalue weighted by Crippen LogP contribution is 2.12. The van der Waals surface area contributed by atoms with Gasteiger partial charge in [0.25, 0.3) is 0 Å². The Kier molecular flexibility index (Phi) is 5.36. The van der Waals surface area contributed by atoms with Gasteiger partial charge in [0.15, 0.2) is 0 Å². The smallest absolute Gasteiger partial charge is 0.330 e. The number of carbonyl (C=O) groups excluding carboxylic acids is 1. The first-order chi connectivity index (χ1) is 7.22. The average molecular weight is 214 g/mol. The van der Waals surface area contributed by atoms with E-state index < -0.39 is 5.97 Å². The van der Waals surface area contributed by atoms with Crippen LogP contribution in [0.15, 0.2) is 12.7 Å². The van der Waals surface area contributed by atoms with Gasteiger partial charge in [-0.3, -0.25) is 0 Å². The molecule has 1 rings (SSSR count). The minimum Gasteiger partial charge on any atom is -0.457 e. The number of carbonyl (C=O) groups is 1. The van der Waals surface area contributed by atoms with E-state index in [2.05, 4.69) is 6.58 Å². The Bertz CT molecular complexity index is 209. The first-order valence-electron chi connectivity index (χ1n) is 5.24. The summed E-state index contributed by atoms with van der Waals surface area (Å²) in [6.45, 7) is 6.92. The normalized spacial score (nSPS) is 22.3. The van der Waals surface area contributed by atoms with E-state index in [1.54, 1.807) is 6.92 Å². The minimum atomic E-state index is -0.414. The molecule has 0 amide bonds. The SMILES string of the molecule is C=CC(=O)OC(C)COCC1CCCO1. The van der Waals surface area contributed by atoms with Crippen LogP contribution in [0.3, 0.4) is 0 Å². The summed E-state index contributed by atoms with van der Waals surface area (Å²) >= 11 is 0. The van der Waals surface area contributed by atoms with Crippen LogP contribution in [0.5, 0.6) is 0 Å². The molecule has 0 aromatic rings. The summed E-state index contributed by atoms with van der Waals surface area (Å²) in [5, 5.41) is 0. The fourth-order valence-electron chi connectivity index (χ4n) is 1.42. The highest BCUT2D eigenvalue weighted by molar-refractivity contribution is 5.81. The van der Waals surface area contributed by atoms with Crippen molar-refractivity contribution in [2.45, 2.75) is 32.0 Å². The molecule has 1 saturated heterocycles. The first-order valence-corrected chi connectivity index (χ1v) is 5.24. The molecule has 1 aliphatic heterocycles. The van der Waals surface area contributed by atoms with Crippen molar-refractivity contribution >= 4 is 5.97 Å². The fourth-order valence-corrected chi connectivity index (χ4v) is 1.42. The van der Waals surface area contributed by atoms with Gasteiger partial charge in [-0.15, -0.1) is 0 Å². The summed E-state index contributed by atoms with van der Waals surface area (Å²) in [5.74, 6) is -0.414. The third kappa shape index (κ3) is 4.95. The van der Waals surface area contributed by atoms with E-state index in [4.69, 9.17) is 14.2 Å². The molecule has 86 valence electrons. The van der Waals surface area contributed by atoms with Crippen molar-refractivity contribution in [3.05, 3.63) is 12.7 Å². The van der Waals surface area contributed by atoms with Crippen LogP contribution in [-0.4, -0.2) is 38.0 Å². The van der Waals surface area contributed by atoms with E-state index in [9.17, 15) is 4.79 Å². The first kappa shape index (κ1) is 12.2. The Morgan fingerprint density at radius 3 is 3.13 bits per heavy atom. The number of esters is 1. The van der Waals surface area contributed by atoms with Crippen LogP contribution in [0.1, 0.15) is 19.8 Å². The number of hydrogen-bond acceptors (Lipinski definition) is 4.